The van der Waals surface area contributed by atoms with Gasteiger partial charge < -0.3 is 4.90 Å². The monoisotopic (exact) mass is 214 g/mol. The van der Waals surface area contributed by atoms with Gasteiger partial charge in [-0.1, -0.05) is 30.3 Å². The molecule has 0 aromatic heterocycles. The summed E-state index contributed by atoms with van der Waals surface area (Å²) in [5.41, 5.74) is 0.179. The highest BCUT2D eigenvalue weighted by molar-refractivity contribution is 5.75. The van der Waals surface area contributed by atoms with E-state index >= 15 is 0 Å². The van der Waals surface area contributed by atoms with Crippen molar-refractivity contribution < 1.29 is 4.79 Å². The SMILES string of the molecule is CC(=O)N1CCC[C@@]1(C#N)c1ccccc1. The molecule has 1 aromatic carbocycles. The van der Waals surface area contributed by atoms with Crippen LogP contribution in [0.2, 0.25) is 0 Å². The van der Waals surface area contributed by atoms with Gasteiger partial charge in [0.2, 0.25) is 5.91 Å². The number of nitrogens with zero attached hydrogens (tertiary/aromatic N) is 2. The molecule has 1 aliphatic rings. The first-order valence-corrected chi connectivity index (χ1v) is 5.46. The van der Waals surface area contributed by atoms with Gasteiger partial charge in [-0.3, -0.25) is 4.79 Å². The normalized spacial score (nSPS) is 24.1. The Balaban J connectivity index is 2.48. The fourth-order valence-corrected chi connectivity index (χ4v) is 2.44. The molecule has 3 nitrogen and oxygen atoms in total. The van der Waals surface area contributed by atoms with Crippen LogP contribution in [-0.4, -0.2) is 17.4 Å². The van der Waals surface area contributed by atoms with E-state index in [1.807, 2.05) is 30.3 Å². The third kappa shape index (κ3) is 1.47. The number of carbonyl (C=O) groups excluding carboxylic acids is 1. The Morgan fingerprint density at radius 2 is 2.12 bits per heavy atom. The van der Waals surface area contributed by atoms with E-state index in [9.17, 15) is 10.1 Å². The second kappa shape index (κ2) is 3.97. The van der Waals surface area contributed by atoms with Gasteiger partial charge in [-0.2, -0.15) is 5.26 Å². The average Bonchev–Trinajstić information content (AvgIpc) is 2.75. The highest BCUT2D eigenvalue weighted by Gasteiger charge is 2.44. The number of benzene rings is 1. The van der Waals surface area contributed by atoms with E-state index in [0.717, 1.165) is 18.4 Å². The molecule has 1 heterocycles. The van der Waals surface area contributed by atoms with Gasteiger partial charge in [0.15, 0.2) is 5.54 Å². The molecule has 0 unspecified atom stereocenters. The first-order chi connectivity index (χ1) is 7.70. The molecule has 16 heavy (non-hydrogen) atoms. The smallest absolute Gasteiger partial charge is 0.220 e. The summed E-state index contributed by atoms with van der Waals surface area (Å²) in [6.45, 7) is 2.21. The largest absolute Gasteiger partial charge is 0.320 e. The van der Waals surface area contributed by atoms with Gasteiger partial charge in [0.05, 0.1) is 6.07 Å². The fourth-order valence-electron chi connectivity index (χ4n) is 2.44. The lowest BCUT2D eigenvalue weighted by Crippen LogP contribution is -2.42. The number of nitriles is 1. The van der Waals surface area contributed by atoms with E-state index in [2.05, 4.69) is 6.07 Å². The van der Waals surface area contributed by atoms with E-state index in [4.69, 9.17) is 0 Å². The highest BCUT2D eigenvalue weighted by atomic mass is 16.2. The molecule has 82 valence electrons. The zero-order chi connectivity index (χ0) is 11.6. The Morgan fingerprint density at radius 3 is 2.69 bits per heavy atom. The van der Waals surface area contributed by atoms with Crippen LogP contribution in [0.25, 0.3) is 0 Å². The summed E-state index contributed by atoms with van der Waals surface area (Å²) in [5, 5.41) is 9.45. The molecule has 1 fully saturated rings. The van der Waals surface area contributed by atoms with E-state index in [1.54, 1.807) is 4.90 Å². The Morgan fingerprint density at radius 1 is 1.44 bits per heavy atom. The number of hydrogen-bond donors (Lipinski definition) is 0. The van der Waals surface area contributed by atoms with Gasteiger partial charge in [-0.15, -0.1) is 0 Å². The van der Waals surface area contributed by atoms with Crippen LogP contribution in [-0.2, 0) is 10.3 Å². The van der Waals surface area contributed by atoms with Crippen LogP contribution in [0.3, 0.4) is 0 Å². The predicted molar refractivity (Wildman–Crippen MR) is 60.4 cm³/mol. The third-order valence-electron chi connectivity index (χ3n) is 3.20. The van der Waals surface area contributed by atoms with Crippen molar-refractivity contribution in [3.05, 3.63) is 35.9 Å². The molecule has 1 aliphatic heterocycles. The van der Waals surface area contributed by atoms with Crippen molar-refractivity contribution in [2.24, 2.45) is 0 Å². The van der Waals surface area contributed by atoms with Gasteiger partial charge in [0, 0.05) is 13.5 Å². The van der Waals surface area contributed by atoms with Crippen molar-refractivity contribution >= 4 is 5.91 Å². The van der Waals surface area contributed by atoms with Crippen LogP contribution in [0, 0.1) is 11.3 Å². The fraction of sp³-hybridized carbons (Fsp3) is 0.385. The first kappa shape index (κ1) is 10.7. The Labute approximate surface area is 95.3 Å². The van der Waals surface area contributed by atoms with Crippen LogP contribution in [0.15, 0.2) is 30.3 Å². The van der Waals surface area contributed by atoms with Gasteiger partial charge in [-0.05, 0) is 18.4 Å². The summed E-state index contributed by atoms with van der Waals surface area (Å²) in [5.74, 6) is -0.0251. The average molecular weight is 214 g/mol. The maximum Gasteiger partial charge on any atom is 0.220 e. The molecule has 1 saturated heterocycles. The molecular formula is C13H14N2O. The minimum atomic E-state index is -0.743. The molecular weight excluding hydrogens is 200 g/mol. The zero-order valence-corrected chi connectivity index (χ0v) is 9.31. The van der Waals surface area contributed by atoms with Gasteiger partial charge >= 0.3 is 0 Å². The molecule has 0 N–H and O–H groups in total. The number of amides is 1. The summed E-state index contributed by atoms with van der Waals surface area (Å²) in [6.07, 6.45) is 1.62. The minimum absolute atomic E-state index is 0.0251. The van der Waals surface area contributed by atoms with Crippen LogP contribution in [0.4, 0.5) is 0 Å². The molecule has 0 spiro atoms. The third-order valence-corrected chi connectivity index (χ3v) is 3.20. The summed E-state index contributed by atoms with van der Waals surface area (Å²) in [7, 11) is 0. The molecule has 0 saturated carbocycles. The molecule has 2 rings (SSSR count). The second-order valence-electron chi connectivity index (χ2n) is 4.11. The van der Waals surface area contributed by atoms with Gasteiger partial charge in [0.25, 0.3) is 0 Å². The molecule has 1 amide bonds. The topological polar surface area (TPSA) is 44.1 Å². The molecule has 1 aromatic rings. The van der Waals surface area contributed by atoms with Crippen molar-refractivity contribution in [2.75, 3.05) is 6.54 Å². The van der Waals surface area contributed by atoms with Crippen LogP contribution in [0.5, 0.6) is 0 Å². The molecule has 1 atom stereocenters. The quantitative estimate of drug-likeness (QED) is 0.718. The highest BCUT2D eigenvalue weighted by Crippen LogP contribution is 2.38. The molecule has 0 radical (unpaired) electrons. The Hall–Kier alpha value is -1.82. The van der Waals surface area contributed by atoms with Gasteiger partial charge in [-0.25, -0.2) is 0 Å². The van der Waals surface area contributed by atoms with Crippen molar-refractivity contribution in [2.45, 2.75) is 25.3 Å². The van der Waals surface area contributed by atoms with E-state index in [1.165, 1.54) is 6.92 Å². The van der Waals surface area contributed by atoms with E-state index < -0.39 is 5.54 Å². The molecule has 0 bridgehead atoms. The number of hydrogen-bond acceptors (Lipinski definition) is 2. The predicted octanol–water partition coefficient (Wildman–Crippen LogP) is 2.05. The second-order valence-corrected chi connectivity index (χ2v) is 4.11. The summed E-state index contributed by atoms with van der Waals surface area (Å²) >= 11 is 0. The lowest BCUT2D eigenvalue weighted by atomic mass is 9.88. The van der Waals surface area contributed by atoms with E-state index in [-0.39, 0.29) is 5.91 Å². The first-order valence-electron chi connectivity index (χ1n) is 5.46. The number of rotatable bonds is 1. The maximum atomic E-state index is 11.6. The van der Waals surface area contributed by atoms with Gasteiger partial charge in [0.1, 0.15) is 0 Å². The lowest BCUT2D eigenvalue weighted by Gasteiger charge is -2.32. The van der Waals surface area contributed by atoms with Crippen molar-refractivity contribution in [3.8, 4) is 6.07 Å². The lowest BCUT2D eigenvalue weighted by molar-refractivity contribution is -0.131. The molecule has 0 aliphatic carbocycles. The van der Waals surface area contributed by atoms with Crippen molar-refractivity contribution in [1.29, 1.82) is 5.26 Å². The van der Waals surface area contributed by atoms with Crippen molar-refractivity contribution in [3.63, 3.8) is 0 Å². The summed E-state index contributed by atoms with van der Waals surface area (Å²) in [6, 6.07) is 11.9. The van der Waals surface area contributed by atoms with E-state index in [0.29, 0.717) is 6.54 Å². The number of carbonyl (C=O) groups is 1. The van der Waals surface area contributed by atoms with Crippen LogP contribution < -0.4 is 0 Å². The number of likely N-dealkylation sites (tertiary alicyclic amines) is 1. The summed E-state index contributed by atoms with van der Waals surface area (Å²) < 4.78 is 0. The maximum absolute atomic E-state index is 11.6. The van der Waals surface area contributed by atoms with Crippen LogP contribution in [0.1, 0.15) is 25.3 Å². The minimum Gasteiger partial charge on any atom is -0.320 e. The zero-order valence-electron chi connectivity index (χ0n) is 9.31. The van der Waals surface area contributed by atoms with Crippen LogP contribution >= 0.6 is 0 Å². The summed E-state index contributed by atoms with van der Waals surface area (Å²) in [4.78, 5) is 13.3. The standard InChI is InChI=1S/C13H14N2O/c1-11(16)15-9-5-8-13(15,10-14)12-6-3-2-4-7-12/h2-4,6-7H,5,8-9H2,1H3/t13-/m1/s1. The van der Waals surface area contributed by atoms with Crippen molar-refractivity contribution in [1.82, 2.24) is 4.90 Å². The Kier molecular flexibility index (Phi) is 2.66. The molecule has 3 heteroatoms. The Bertz CT molecular complexity index is 435.